The molecule has 1 unspecified atom stereocenters. The normalized spacial score (nSPS) is 16.4. The maximum Gasteiger partial charge on any atom is 0.253 e. The maximum atomic E-state index is 11.8. The summed E-state index contributed by atoms with van der Waals surface area (Å²) in [5, 5.41) is 2.99. The number of nitrogens with one attached hydrogen (secondary N) is 2. The second-order valence-corrected chi connectivity index (χ2v) is 4.21. The Hall–Kier alpha value is -1.00. The Morgan fingerprint density at radius 1 is 1.62 bits per heavy atom. The largest absolute Gasteiger partial charge is 0.367 e. The van der Waals surface area contributed by atoms with E-state index >= 15 is 0 Å². The summed E-state index contributed by atoms with van der Waals surface area (Å²) < 4.78 is 0. The van der Waals surface area contributed by atoms with Gasteiger partial charge in [0.15, 0.2) is 0 Å². The highest BCUT2D eigenvalue weighted by atomic mass is 35.5. The average Bonchev–Trinajstić information content (AvgIpc) is 2.97. The Labute approximate surface area is 101 Å². The first-order valence-electron chi connectivity index (χ1n) is 5.36. The van der Waals surface area contributed by atoms with E-state index in [1.54, 1.807) is 6.20 Å². The molecule has 0 aliphatic heterocycles. The molecule has 4 nitrogen and oxygen atoms in total. The molecule has 90 valence electrons. The molecular weight excluding hydrogens is 226 g/mol. The maximum absolute atomic E-state index is 11.8. The van der Waals surface area contributed by atoms with Gasteiger partial charge in [-0.2, -0.15) is 0 Å². The van der Waals surface area contributed by atoms with Crippen LogP contribution in [0.3, 0.4) is 0 Å². The molecule has 16 heavy (non-hydrogen) atoms. The van der Waals surface area contributed by atoms with Crippen LogP contribution in [0.1, 0.15) is 28.8 Å². The number of hydrogen-bond acceptors (Lipinski definition) is 2. The lowest BCUT2D eigenvalue weighted by Gasteiger charge is -2.15. The summed E-state index contributed by atoms with van der Waals surface area (Å²) >= 11 is 0. The molecule has 1 aliphatic carbocycles. The number of rotatable bonds is 4. The number of aromatic amines is 1. The number of carbonyl (C=O) groups excluding carboxylic acids is 1. The quantitative estimate of drug-likeness (QED) is 0.744. The summed E-state index contributed by atoms with van der Waals surface area (Å²) in [6, 6.07) is 0.145. The number of carbonyl (C=O) groups is 1. The minimum atomic E-state index is -0.0175. The van der Waals surface area contributed by atoms with Crippen LogP contribution >= 0.6 is 12.4 Å². The van der Waals surface area contributed by atoms with Gasteiger partial charge in [-0.3, -0.25) is 4.79 Å². The zero-order valence-electron chi connectivity index (χ0n) is 9.32. The first-order valence-corrected chi connectivity index (χ1v) is 5.36. The van der Waals surface area contributed by atoms with Crippen molar-refractivity contribution in [3.8, 4) is 0 Å². The summed E-state index contributed by atoms with van der Waals surface area (Å²) in [6.45, 7) is 2.44. The second-order valence-electron chi connectivity index (χ2n) is 4.21. The molecule has 1 saturated carbocycles. The summed E-state index contributed by atoms with van der Waals surface area (Å²) in [5.74, 6) is 0.578. The zero-order valence-corrected chi connectivity index (χ0v) is 10.1. The van der Waals surface area contributed by atoms with Gasteiger partial charge in [0, 0.05) is 25.0 Å². The van der Waals surface area contributed by atoms with E-state index in [1.165, 1.54) is 12.8 Å². The monoisotopic (exact) mass is 243 g/mol. The van der Waals surface area contributed by atoms with Crippen molar-refractivity contribution < 1.29 is 4.79 Å². The second kappa shape index (κ2) is 5.37. The van der Waals surface area contributed by atoms with Crippen LogP contribution in [0, 0.1) is 12.8 Å². The Bertz CT molecular complexity index is 360. The molecule has 2 rings (SSSR count). The Morgan fingerprint density at radius 3 is 2.75 bits per heavy atom. The average molecular weight is 244 g/mol. The Balaban J connectivity index is 0.00000128. The first kappa shape index (κ1) is 13.1. The Morgan fingerprint density at radius 2 is 2.31 bits per heavy atom. The van der Waals surface area contributed by atoms with Crippen molar-refractivity contribution in [2.75, 3.05) is 6.54 Å². The van der Waals surface area contributed by atoms with E-state index in [9.17, 15) is 4.79 Å². The Kier molecular flexibility index (Phi) is 4.38. The number of nitrogens with two attached hydrogens (primary N) is 1. The minimum absolute atomic E-state index is 0. The summed E-state index contributed by atoms with van der Waals surface area (Å²) in [7, 11) is 0. The van der Waals surface area contributed by atoms with Crippen molar-refractivity contribution >= 4 is 18.3 Å². The molecule has 1 amide bonds. The molecule has 1 aliphatic rings. The molecular formula is C11H18ClN3O. The molecule has 0 aromatic carbocycles. The third-order valence-electron chi connectivity index (χ3n) is 2.96. The molecule has 1 atom stereocenters. The van der Waals surface area contributed by atoms with Crippen LogP contribution in [0.5, 0.6) is 0 Å². The van der Waals surface area contributed by atoms with E-state index in [1.807, 2.05) is 13.1 Å². The van der Waals surface area contributed by atoms with Gasteiger partial charge in [0.2, 0.25) is 0 Å². The van der Waals surface area contributed by atoms with Gasteiger partial charge in [0.1, 0.15) is 0 Å². The van der Waals surface area contributed by atoms with Crippen LogP contribution < -0.4 is 11.1 Å². The first-order chi connectivity index (χ1) is 7.22. The van der Waals surface area contributed by atoms with Crippen LogP contribution in [-0.4, -0.2) is 23.5 Å². The van der Waals surface area contributed by atoms with Gasteiger partial charge in [-0.05, 0) is 31.2 Å². The van der Waals surface area contributed by atoms with Crippen LogP contribution in [-0.2, 0) is 0 Å². The highest BCUT2D eigenvalue weighted by molar-refractivity contribution is 5.95. The summed E-state index contributed by atoms with van der Waals surface area (Å²) in [4.78, 5) is 14.8. The fourth-order valence-corrected chi connectivity index (χ4v) is 1.80. The van der Waals surface area contributed by atoms with Crippen molar-refractivity contribution in [3.05, 3.63) is 23.5 Å². The van der Waals surface area contributed by atoms with E-state index in [0.717, 1.165) is 5.56 Å². The molecule has 1 heterocycles. The van der Waals surface area contributed by atoms with E-state index < -0.39 is 0 Å². The molecule has 0 bridgehead atoms. The van der Waals surface area contributed by atoms with E-state index in [0.29, 0.717) is 18.0 Å². The number of hydrogen-bond donors (Lipinski definition) is 3. The van der Waals surface area contributed by atoms with Crippen molar-refractivity contribution in [1.82, 2.24) is 10.3 Å². The predicted molar refractivity (Wildman–Crippen MR) is 65.8 cm³/mol. The topological polar surface area (TPSA) is 70.9 Å². The molecule has 1 aromatic rings. The summed E-state index contributed by atoms with van der Waals surface area (Å²) in [6.07, 6.45) is 5.93. The standard InChI is InChI=1S/C11H17N3O.ClH/c1-7-5-13-6-9(7)11(15)14-10(4-12)8-2-3-8;/h5-6,8,10,13H,2-4,12H2,1H3,(H,14,15);1H. The highest BCUT2D eigenvalue weighted by Gasteiger charge is 2.31. The molecule has 0 radical (unpaired) electrons. The molecule has 0 spiro atoms. The smallest absolute Gasteiger partial charge is 0.253 e. The number of amides is 1. The molecule has 1 fully saturated rings. The fourth-order valence-electron chi connectivity index (χ4n) is 1.80. The molecule has 0 saturated heterocycles. The third kappa shape index (κ3) is 2.77. The van der Waals surface area contributed by atoms with Crippen LogP contribution in [0.4, 0.5) is 0 Å². The number of halogens is 1. The molecule has 4 N–H and O–H groups in total. The van der Waals surface area contributed by atoms with Gasteiger partial charge in [0.25, 0.3) is 5.91 Å². The lowest BCUT2D eigenvalue weighted by atomic mass is 10.1. The van der Waals surface area contributed by atoms with Crippen LogP contribution in [0.15, 0.2) is 12.4 Å². The highest BCUT2D eigenvalue weighted by Crippen LogP contribution is 2.32. The third-order valence-corrected chi connectivity index (χ3v) is 2.96. The van der Waals surface area contributed by atoms with Crippen molar-refractivity contribution in [2.24, 2.45) is 11.7 Å². The van der Waals surface area contributed by atoms with Crippen LogP contribution in [0.25, 0.3) is 0 Å². The van der Waals surface area contributed by atoms with Gasteiger partial charge in [-0.15, -0.1) is 12.4 Å². The fraction of sp³-hybridized carbons (Fsp3) is 0.545. The van der Waals surface area contributed by atoms with Gasteiger partial charge < -0.3 is 16.0 Å². The number of H-pyrrole nitrogens is 1. The minimum Gasteiger partial charge on any atom is -0.367 e. The van der Waals surface area contributed by atoms with Gasteiger partial charge in [-0.1, -0.05) is 0 Å². The van der Waals surface area contributed by atoms with Crippen molar-refractivity contribution in [3.63, 3.8) is 0 Å². The SMILES string of the molecule is Cc1c[nH]cc1C(=O)NC(CN)C1CC1.Cl. The van der Waals surface area contributed by atoms with Crippen molar-refractivity contribution in [2.45, 2.75) is 25.8 Å². The van der Waals surface area contributed by atoms with Gasteiger partial charge in [-0.25, -0.2) is 0 Å². The lowest BCUT2D eigenvalue weighted by Crippen LogP contribution is -2.41. The van der Waals surface area contributed by atoms with Gasteiger partial charge in [0.05, 0.1) is 5.56 Å². The van der Waals surface area contributed by atoms with E-state index in [2.05, 4.69) is 10.3 Å². The predicted octanol–water partition coefficient (Wildman–Crippen LogP) is 1.21. The van der Waals surface area contributed by atoms with Gasteiger partial charge >= 0.3 is 0 Å². The zero-order chi connectivity index (χ0) is 10.8. The van der Waals surface area contributed by atoms with Crippen molar-refractivity contribution in [1.29, 1.82) is 0 Å². The number of aryl methyl sites for hydroxylation is 1. The lowest BCUT2D eigenvalue weighted by molar-refractivity contribution is 0.0933. The number of aromatic nitrogens is 1. The van der Waals surface area contributed by atoms with E-state index in [4.69, 9.17) is 5.73 Å². The summed E-state index contributed by atoms with van der Waals surface area (Å²) in [5.41, 5.74) is 7.32. The van der Waals surface area contributed by atoms with Crippen LogP contribution in [0.2, 0.25) is 0 Å². The molecule has 5 heteroatoms. The van der Waals surface area contributed by atoms with E-state index in [-0.39, 0.29) is 24.4 Å². The molecule has 1 aromatic heterocycles.